The van der Waals surface area contributed by atoms with Gasteiger partial charge in [0.05, 0.1) is 12.1 Å². The predicted molar refractivity (Wildman–Crippen MR) is 197 cm³/mol. The van der Waals surface area contributed by atoms with E-state index in [1.54, 1.807) is 12.1 Å². The van der Waals surface area contributed by atoms with Gasteiger partial charge in [0, 0.05) is 51.5 Å². The molecule has 0 heterocycles. The Hall–Kier alpha value is -4.07. The van der Waals surface area contributed by atoms with Gasteiger partial charge in [0.1, 0.15) is 23.0 Å². The van der Waals surface area contributed by atoms with Crippen LogP contribution in [0.2, 0.25) is 0 Å². The van der Waals surface area contributed by atoms with Gasteiger partial charge in [-0.15, -0.1) is 5.75 Å². The molecule has 7 heteroatoms. The van der Waals surface area contributed by atoms with E-state index in [-0.39, 0.29) is 45.4 Å². The second kappa shape index (κ2) is 17.0. The Bertz CT molecular complexity index is 1630. The third-order valence-corrected chi connectivity index (χ3v) is 8.49. The number of aliphatic imine (C=N–C) groups is 2. The first-order valence-electron chi connectivity index (χ1n) is 16.9. The van der Waals surface area contributed by atoms with Gasteiger partial charge in [-0.3, -0.25) is 9.98 Å². The standard InChI is InChI=1S/C30H42N2O2.C12H10O2.Co/c1-19-13-21(27(33)23(15-19)29(3,4)5)17-31-25-11-9-10-12-26(25)32-18-22-14-20(2)16-24(28(22)34)30(6,7)8;13-10-6-8-12(9-7-10)14-11-4-2-1-3-5-11;/h13-18,25-26,33-34H,9-12H2,1-8H3;1-9,13H;/p-1/t25-,26-;;/m1../s1. The van der Waals surface area contributed by atoms with Crippen molar-refractivity contribution in [2.75, 3.05) is 0 Å². The summed E-state index contributed by atoms with van der Waals surface area (Å²) in [5.74, 6) is 2.07. The molecule has 49 heavy (non-hydrogen) atoms. The smallest absolute Gasteiger partial charge is 0.128 e. The summed E-state index contributed by atoms with van der Waals surface area (Å²) in [6.07, 6.45) is 7.88. The summed E-state index contributed by atoms with van der Waals surface area (Å²) in [6.45, 7) is 16.8. The topological polar surface area (TPSA) is 97.5 Å². The predicted octanol–water partition coefficient (Wildman–Crippen LogP) is 9.71. The van der Waals surface area contributed by atoms with E-state index in [0.29, 0.717) is 17.2 Å². The van der Waals surface area contributed by atoms with Crippen LogP contribution in [0.3, 0.4) is 0 Å². The number of phenolic OH excluding ortho intramolecular Hbond substituents is 2. The Morgan fingerprint density at radius 2 is 1.06 bits per heavy atom. The Labute approximate surface area is 303 Å². The monoisotopic (exact) mass is 706 g/mol. The van der Waals surface area contributed by atoms with E-state index in [0.717, 1.165) is 64.8 Å². The van der Waals surface area contributed by atoms with Crippen molar-refractivity contribution >= 4 is 12.4 Å². The molecule has 1 fully saturated rings. The summed E-state index contributed by atoms with van der Waals surface area (Å²) in [4.78, 5) is 9.82. The van der Waals surface area contributed by atoms with Gasteiger partial charge in [0.15, 0.2) is 0 Å². The molecule has 0 unspecified atom stereocenters. The van der Waals surface area contributed by atoms with Crippen molar-refractivity contribution in [1.82, 2.24) is 0 Å². The van der Waals surface area contributed by atoms with Crippen LogP contribution in [0, 0.1) is 13.8 Å². The van der Waals surface area contributed by atoms with Crippen molar-refractivity contribution in [3.05, 3.63) is 112 Å². The molecule has 4 aromatic carbocycles. The number of aryl methyl sites for hydroxylation is 2. The zero-order chi connectivity index (χ0) is 35.1. The number of rotatable bonds is 6. The van der Waals surface area contributed by atoms with Crippen LogP contribution in [-0.4, -0.2) is 34.7 Å². The van der Waals surface area contributed by atoms with Gasteiger partial charge in [-0.1, -0.05) is 96.8 Å². The molecule has 263 valence electrons. The number of hydrogen-bond donors (Lipinski definition) is 2. The number of phenols is 2. The fourth-order valence-corrected chi connectivity index (χ4v) is 5.88. The van der Waals surface area contributed by atoms with Gasteiger partial charge >= 0.3 is 0 Å². The molecule has 0 aliphatic heterocycles. The van der Waals surface area contributed by atoms with E-state index < -0.39 is 0 Å². The van der Waals surface area contributed by atoms with Crippen LogP contribution in [0.5, 0.6) is 28.7 Å². The van der Waals surface area contributed by atoms with Gasteiger partial charge in [0.25, 0.3) is 0 Å². The van der Waals surface area contributed by atoms with Crippen LogP contribution in [-0.2, 0) is 27.6 Å². The number of hydrogen-bond acceptors (Lipinski definition) is 6. The fourth-order valence-electron chi connectivity index (χ4n) is 5.88. The van der Waals surface area contributed by atoms with Crippen molar-refractivity contribution in [2.45, 2.75) is 104 Å². The van der Waals surface area contributed by atoms with E-state index in [1.807, 2.05) is 54.9 Å². The largest absolute Gasteiger partial charge is 0.872 e. The normalized spacial score (nSPS) is 16.6. The van der Waals surface area contributed by atoms with Crippen molar-refractivity contribution in [2.24, 2.45) is 9.98 Å². The summed E-state index contributed by atoms with van der Waals surface area (Å²) in [7, 11) is 0. The van der Waals surface area contributed by atoms with Gasteiger partial charge < -0.3 is 20.1 Å². The summed E-state index contributed by atoms with van der Waals surface area (Å²) < 4.78 is 5.49. The summed E-state index contributed by atoms with van der Waals surface area (Å²) >= 11 is 0. The van der Waals surface area contributed by atoms with Gasteiger partial charge in [0.2, 0.25) is 0 Å². The van der Waals surface area contributed by atoms with Crippen LogP contribution < -0.4 is 9.84 Å². The Kier molecular flexibility index (Phi) is 13.7. The molecule has 5 rings (SSSR count). The molecule has 2 atom stereocenters. The molecule has 2 N–H and O–H groups in total. The molecular weight excluding hydrogens is 655 g/mol. The molecule has 1 aliphatic carbocycles. The Balaban J connectivity index is 0.000000361. The van der Waals surface area contributed by atoms with Gasteiger partial charge in [-0.05, 0) is 85.0 Å². The summed E-state index contributed by atoms with van der Waals surface area (Å²) in [5.41, 5.74) is 5.37. The van der Waals surface area contributed by atoms with Crippen molar-refractivity contribution in [1.29, 1.82) is 0 Å². The Morgan fingerprint density at radius 3 is 1.47 bits per heavy atom. The van der Waals surface area contributed by atoms with Crippen LogP contribution in [0.1, 0.15) is 101 Å². The molecule has 6 nitrogen and oxygen atoms in total. The number of nitrogens with zero attached hydrogens (tertiary/aromatic N) is 2. The van der Waals surface area contributed by atoms with Crippen LogP contribution in [0.4, 0.5) is 0 Å². The minimum absolute atomic E-state index is 0. The van der Waals surface area contributed by atoms with Crippen molar-refractivity contribution in [3.63, 3.8) is 0 Å². The van der Waals surface area contributed by atoms with Crippen LogP contribution >= 0.6 is 0 Å². The molecular formula is C42H51CoN2O4-. The van der Waals surface area contributed by atoms with E-state index in [1.165, 1.54) is 12.1 Å². The van der Waals surface area contributed by atoms with Crippen LogP contribution in [0.15, 0.2) is 88.8 Å². The first-order valence-corrected chi connectivity index (χ1v) is 16.9. The molecule has 4 aromatic rings. The average molecular weight is 707 g/mol. The SMILES string of the molecule is Cc1cc(C=N[C@@H]2CCCC[C@H]2N=Cc2cc(C)cc(C(C)(C)C)c2O)c(O)c(C(C)(C)C)c1.[Co].[O-]c1ccc(Oc2ccccc2)cc1. The summed E-state index contributed by atoms with van der Waals surface area (Å²) in [5, 5.41) is 32.6. The molecule has 1 aliphatic rings. The van der Waals surface area contributed by atoms with Gasteiger partial charge in [-0.2, -0.15) is 0 Å². The Morgan fingerprint density at radius 1 is 0.653 bits per heavy atom. The third-order valence-electron chi connectivity index (χ3n) is 8.49. The van der Waals surface area contributed by atoms with E-state index in [2.05, 4.69) is 67.5 Å². The first-order chi connectivity index (χ1) is 22.6. The minimum atomic E-state index is -0.141. The van der Waals surface area contributed by atoms with Crippen molar-refractivity contribution in [3.8, 4) is 28.7 Å². The number of ether oxygens (including phenoxy) is 1. The molecule has 0 spiro atoms. The number of para-hydroxylation sites is 1. The summed E-state index contributed by atoms with van der Waals surface area (Å²) in [6, 6.07) is 24.0. The maximum Gasteiger partial charge on any atom is 0.128 e. The maximum atomic E-state index is 10.9. The van der Waals surface area contributed by atoms with E-state index in [9.17, 15) is 15.3 Å². The maximum absolute atomic E-state index is 10.9. The van der Waals surface area contributed by atoms with Crippen molar-refractivity contribution < 1.29 is 36.8 Å². The molecule has 0 aromatic heterocycles. The quantitative estimate of drug-likeness (QED) is 0.195. The molecule has 0 saturated heterocycles. The minimum Gasteiger partial charge on any atom is -0.872 e. The van der Waals surface area contributed by atoms with Gasteiger partial charge in [-0.25, -0.2) is 0 Å². The zero-order valence-electron chi connectivity index (χ0n) is 30.1. The zero-order valence-corrected chi connectivity index (χ0v) is 31.1. The molecule has 0 amide bonds. The second-order valence-electron chi connectivity index (χ2n) is 14.9. The molecule has 0 bridgehead atoms. The van der Waals surface area contributed by atoms with E-state index in [4.69, 9.17) is 14.7 Å². The average Bonchev–Trinajstić information content (AvgIpc) is 3.03. The van der Waals surface area contributed by atoms with E-state index >= 15 is 0 Å². The number of benzene rings is 4. The van der Waals surface area contributed by atoms with Crippen LogP contribution in [0.25, 0.3) is 0 Å². The second-order valence-corrected chi connectivity index (χ2v) is 14.9. The third kappa shape index (κ3) is 11.2. The number of aromatic hydroxyl groups is 2. The fraction of sp³-hybridized carbons (Fsp3) is 0.381. The molecule has 1 saturated carbocycles. The first kappa shape index (κ1) is 39.4. The molecule has 1 radical (unpaired) electrons.